The third kappa shape index (κ3) is 3.54. The molecule has 0 spiro atoms. The first-order chi connectivity index (χ1) is 5.84. The molecule has 0 saturated heterocycles. The smallest absolute Gasteiger partial charge is 0.0178 e. The van der Waals surface area contributed by atoms with Crippen molar-refractivity contribution in [3.8, 4) is 0 Å². The second-order valence-corrected chi connectivity index (χ2v) is 5.20. The van der Waals surface area contributed by atoms with Crippen LogP contribution in [-0.4, -0.2) is 0 Å². The van der Waals surface area contributed by atoms with Crippen LogP contribution in [0.5, 0.6) is 0 Å². The van der Waals surface area contributed by atoms with E-state index in [2.05, 4.69) is 54.5 Å². The molecule has 0 aliphatic rings. The largest absolute Gasteiger partial charge is 0.0884 e. The van der Waals surface area contributed by atoms with Crippen molar-refractivity contribution in [2.45, 2.75) is 54.9 Å². The maximum Gasteiger partial charge on any atom is -0.0178 e. The lowest BCUT2D eigenvalue weighted by atomic mass is 9.71. The van der Waals surface area contributed by atoms with Gasteiger partial charge in [0.15, 0.2) is 0 Å². The zero-order chi connectivity index (χ0) is 10.6. The van der Waals surface area contributed by atoms with E-state index >= 15 is 0 Å². The number of hydrogen-bond acceptors (Lipinski definition) is 0. The van der Waals surface area contributed by atoms with Crippen LogP contribution in [0, 0.1) is 17.3 Å². The van der Waals surface area contributed by atoms with Crippen molar-refractivity contribution in [2.75, 3.05) is 0 Å². The van der Waals surface area contributed by atoms with E-state index in [9.17, 15) is 0 Å². The third-order valence-electron chi connectivity index (χ3n) is 3.45. The van der Waals surface area contributed by atoms with E-state index in [1.165, 1.54) is 6.42 Å². The summed E-state index contributed by atoms with van der Waals surface area (Å²) in [4.78, 5) is 0. The maximum atomic E-state index is 2.38. The summed E-state index contributed by atoms with van der Waals surface area (Å²) in [5.74, 6) is 1.51. The first-order valence-electron chi connectivity index (χ1n) is 5.47. The highest BCUT2D eigenvalue weighted by molar-refractivity contribution is 5.04. The molecule has 13 heavy (non-hydrogen) atoms. The summed E-state index contributed by atoms with van der Waals surface area (Å²) in [7, 11) is 0. The molecule has 0 radical (unpaired) electrons. The fourth-order valence-electron chi connectivity index (χ4n) is 1.89. The highest BCUT2D eigenvalue weighted by Gasteiger charge is 2.27. The third-order valence-corrected chi connectivity index (χ3v) is 3.45. The van der Waals surface area contributed by atoms with E-state index in [-0.39, 0.29) is 0 Å². The molecule has 78 valence electrons. The van der Waals surface area contributed by atoms with Gasteiger partial charge < -0.3 is 0 Å². The molecule has 0 N–H and O–H groups in total. The van der Waals surface area contributed by atoms with Crippen LogP contribution >= 0.6 is 0 Å². The van der Waals surface area contributed by atoms with Gasteiger partial charge in [-0.2, -0.15) is 0 Å². The summed E-state index contributed by atoms with van der Waals surface area (Å²) < 4.78 is 0. The molecule has 0 fully saturated rings. The van der Waals surface area contributed by atoms with Crippen molar-refractivity contribution in [3.63, 3.8) is 0 Å². The van der Waals surface area contributed by atoms with E-state index in [0.29, 0.717) is 5.41 Å². The van der Waals surface area contributed by atoms with E-state index in [0.717, 1.165) is 11.8 Å². The van der Waals surface area contributed by atoms with Gasteiger partial charge in [0.05, 0.1) is 0 Å². The van der Waals surface area contributed by atoms with Crippen molar-refractivity contribution in [3.05, 3.63) is 11.6 Å². The van der Waals surface area contributed by atoms with Crippen molar-refractivity contribution in [1.29, 1.82) is 0 Å². The molecule has 0 rings (SSSR count). The molecule has 0 heterocycles. The second-order valence-electron chi connectivity index (χ2n) is 5.20. The van der Waals surface area contributed by atoms with Crippen LogP contribution < -0.4 is 0 Å². The normalized spacial score (nSPS) is 18.5. The summed E-state index contributed by atoms with van der Waals surface area (Å²) in [6.07, 6.45) is 3.52. The molecule has 0 heteroatoms. The lowest BCUT2D eigenvalue weighted by Gasteiger charge is -2.34. The van der Waals surface area contributed by atoms with Gasteiger partial charge >= 0.3 is 0 Å². The number of hydrogen-bond donors (Lipinski definition) is 0. The first kappa shape index (κ1) is 12.7. The van der Waals surface area contributed by atoms with Crippen LogP contribution in [-0.2, 0) is 0 Å². The summed E-state index contributed by atoms with van der Waals surface area (Å²) in [5.41, 5.74) is 1.97. The van der Waals surface area contributed by atoms with Gasteiger partial charge in [-0.15, -0.1) is 0 Å². The molecule has 0 nitrogen and oxygen atoms in total. The quantitative estimate of drug-likeness (QED) is 0.557. The lowest BCUT2D eigenvalue weighted by molar-refractivity contribution is 0.194. The van der Waals surface area contributed by atoms with Gasteiger partial charge in [-0.1, -0.05) is 46.3 Å². The molecule has 0 aromatic heterocycles. The Morgan fingerprint density at radius 3 is 2.00 bits per heavy atom. The van der Waals surface area contributed by atoms with Crippen LogP contribution in [0.2, 0.25) is 0 Å². The topological polar surface area (TPSA) is 0 Å². The monoisotopic (exact) mass is 182 g/mol. The zero-order valence-electron chi connectivity index (χ0n) is 10.4. The van der Waals surface area contributed by atoms with Crippen molar-refractivity contribution < 1.29 is 0 Å². The Bertz CT molecular complexity index is 169. The summed E-state index contributed by atoms with van der Waals surface area (Å²) in [5, 5.41) is 0. The Hall–Kier alpha value is -0.260. The SMILES string of the molecule is C/C=C(\C)C(CC)C(C)C(C)(C)C. The molecule has 0 bridgehead atoms. The lowest BCUT2D eigenvalue weighted by Crippen LogP contribution is -2.26. The second kappa shape index (κ2) is 4.83. The molecule has 0 aliphatic carbocycles. The molecule has 0 aromatic carbocycles. The van der Waals surface area contributed by atoms with Crippen molar-refractivity contribution in [1.82, 2.24) is 0 Å². The molecule has 2 unspecified atom stereocenters. The number of allylic oxidation sites excluding steroid dienone is 2. The average molecular weight is 182 g/mol. The molecule has 0 saturated carbocycles. The van der Waals surface area contributed by atoms with Crippen molar-refractivity contribution >= 4 is 0 Å². The Morgan fingerprint density at radius 1 is 1.31 bits per heavy atom. The van der Waals surface area contributed by atoms with Gasteiger partial charge in [-0.05, 0) is 37.5 Å². The van der Waals surface area contributed by atoms with Crippen LogP contribution in [0.3, 0.4) is 0 Å². The Balaban J connectivity index is 4.60. The van der Waals surface area contributed by atoms with Gasteiger partial charge in [0.2, 0.25) is 0 Å². The Morgan fingerprint density at radius 2 is 1.77 bits per heavy atom. The molecular weight excluding hydrogens is 156 g/mol. The molecular formula is C13H26. The van der Waals surface area contributed by atoms with Gasteiger partial charge in [-0.3, -0.25) is 0 Å². The first-order valence-corrected chi connectivity index (χ1v) is 5.47. The maximum absolute atomic E-state index is 2.38. The highest BCUT2D eigenvalue weighted by atomic mass is 14.3. The van der Waals surface area contributed by atoms with Gasteiger partial charge in [-0.25, -0.2) is 0 Å². The minimum absolute atomic E-state index is 0.422. The highest BCUT2D eigenvalue weighted by Crippen LogP contribution is 2.36. The fraction of sp³-hybridized carbons (Fsp3) is 0.846. The Labute approximate surface area is 84.4 Å². The summed E-state index contributed by atoms with van der Waals surface area (Å²) >= 11 is 0. The standard InChI is InChI=1S/C13H26/c1-8-10(3)12(9-2)11(4)13(5,6)7/h8,11-12H,9H2,1-7H3/b10-8+. The summed E-state index contributed by atoms with van der Waals surface area (Å²) in [6.45, 7) is 16.1. The predicted molar refractivity (Wildman–Crippen MR) is 61.8 cm³/mol. The van der Waals surface area contributed by atoms with Crippen molar-refractivity contribution in [2.24, 2.45) is 17.3 Å². The minimum atomic E-state index is 0.422. The van der Waals surface area contributed by atoms with E-state index in [4.69, 9.17) is 0 Å². The van der Waals surface area contributed by atoms with Crippen LogP contribution in [0.25, 0.3) is 0 Å². The molecule has 0 aromatic rings. The van der Waals surface area contributed by atoms with E-state index in [1.807, 2.05) is 0 Å². The molecule has 0 aliphatic heterocycles. The van der Waals surface area contributed by atoms with Gasteiger partial charge in [0.25, 0.3) is 0 Å². The molecule has 0 amide bonds. The molecule has 2 atom stereocenters. The fourth-order valence-corrected chi connectivity index (χ4v) is 1.89. The van der Waals surface area contributed by atoms with Crippen LogP contribution in [0.15, 0.2) is 11.6 Å². The Kier molecular flexibility index (Phi) is 4.74. The van der Waals surface area contributed by atoms with Gasteiger partial charge in [0.1, 0.15) is 0 Å². The van der Waals surface area contributed by atoms with E-state index < -0.39 is 0 Å². The van der Waals surface area contributed by atoms with Crippen LogP contribution in [0.1, 0.15) is 54.9 Å². The van der Waals surface area contributed by atoms with Crippen LogP contribution in [0.4, 0.5) is 0 Å². The minimum Gasteiger partial charge on any atom is -0.0884 e. The number of rotatable bonds is 3. The predicted octanol–water partition coefficient (Wildman–Crippen LogP) is 4.66. The van der Waals surface area contributed by atoms with Gasteiger partial charge in [0, 0.05) is 0 Å². The zero-order valence-corrected chi connectivity index (χ0v) is 10.4. The average Bonchev–Trinajstić information content (AvgIpc) is 2.03. The van der Waals surface area contributed by atoms with E-state index in [1.54, 1.807) is 5.57 Å². The summed E-state index contributed by atoms with van der Waals surface area (Å²) in [6, 6.07) is 0.